The summed E-state index contributed by atoms with van der Waals surface area (Å²) < 4.78 is 0. The molecule has 112 valence electrons. The van der Waals surface area contributed by atoms with E-state index >= 15 is 0 Å². The van der Waals surface area contributed by atoms with E-state index in [4.69, 9.17) is 0 Å². The Labute approximate surface area is 116 Å². The van der Waals surface area contributed by atoms with Crippen molar-refractivity contribution in [2.24, 2.45) is 10.8 Å². The SMILES string of the molecule is CCC(C)(C)CNC(=O)NC(C)(C)C(C)(C)C(=O)O. The molecule has 0 saturated carbocycles. The monoisotopic (exact) mass is 272 g/mol. The lowest BCUT2D eigenvalue weighted by atomic mass is 9.74. The van der Waals surface area contributed by atoms with Crippen molar-refractivity contribution in [3.8, 4) is 0 Å². The molecule has 0 aromatic carbocycles. The first-order valence-electron chi connectivity index (χ1n) is 6.65. The van der Waals surface area contributed by atoms with Crippen LogP contribution in [0.5, 0.6) is 0 Å². The number of hydrogen-bond acceptors (Lipinski definition) is 2. The summed E-state index contributed by atoms with van der Waals surface area (Å²) in [6, 6.07) is -0.333. The van der Waals surface area contributed by atoms with Gasteiger partial charge in [0.15, 0.2) is 0 Å². The van der Waals surface area contributed by atoms with Crippen molar-refractivity contribution in [1.29, 1.82) is 0 Å². The van der Waals surface area contributed by atoms with Crippen LogP contribution in [0.2, 0.25) is 0 Å². The summed E-state index contributed by atoms with van der Waals surface area (Å²) in [5.74, 6) is -0.938. The molecule has 0 aliphatic carbocycles. The summed E-state index contributed by atoms with van der Waals surface area (Å²) in [5, 5.41) is 14.8. The van der Waals surface area contributed by atoms with Gasteiger partial charge in [-0.3, -0.25) is 4.79 Å². The summed E-state index contributed by atoms with van der Waals surface area (Å²) in [6.45, 7) is 13.4. The maximum Gasteiger partial charge on any atom is 0.315 e. The highest BCUT2D eigenvalue weighted by Crippen LogP contribution is 2.30. The number of rotatable bonds is 6. The molecule has 0 heterocycles. The van der Waals surface area contributed by atoms with Gasteiger partial charge < -0.3 is 15.7 Å². The average molecular weight is 272 g/mol. The molecule has 0 saturated heterocycles. The average Bonchev–Trinajstić information content (AvgIpc) is 2.25. The Kier molecular flexibility index (Phi) is 5.42. The molecule has 0 aliphatic heterocycles. The van der Waals surface area contributed by atoms with E-state index in [1.807, 2.05) is 0 Å². The smallest absolute Gasteiger partial charge is 0.315 e. The van der Waals surface area contributed by atoms with E-state index in [2.05, 4.69) is 31.4 Å². The summed E-state index contributed by atoms with van der Waals surface area (Å²) in [5.41, 5.74) is -1.87. The zero-order chi connectivity index (χ0) is 15.5. The minimum absolute atomic E-state index is 0.0315. The van der Waals surface area contributed by atoms with Gasteiger partial charge in [-0.25, -0.2) is 4.79 Å². The van der Waals surface area contributed by atoms with Crippen LogP contribution in [-0.2, 0) is 4.79 Å². The summed E-state index contributed by atoms with van der Waals surface area (Å²) in [7, 11) is 0. The first-order valence-corrected chi connectivity index (χ1v) is 6.65. The maximum absolute atomic E-state index is 11.9. The van der Waals surface area contributed by atoms with Gasteiger partial charge in [0, 0.05) is 6.54 Å². The van der Waals surface area contributed by atoms with Gasteiger partial charge in [0.05, 0.1) is 11.0 Å². The lowest BCUT2D eigenvalue weighted by Gasteiger charge is -2.39. The Morgan fingerprint density at radius 1 is 1.05 bits per heavy atom. The fraction of sp³-hybridized carbons (Fsp3) is 0.857. The van der Waals surface area contributed by atoms with Crippen molar-refractivity contribution in [2.45, 2.75) is 60.4 Å². The van der Waals surface area contributed by atoms with Gasteiger partial charge in [-0.15, -0.1) is 0 Å². The molecule has 0 unspecified atom stereocenters. The van der Waals surface area contributed by atoms with Crippen LogP contribution in [-0.4, -0.2) is 29.2 Å². The van der Waals surface area contributed by atoms with Crippen LogP contribution in [0.25, 0.3) is 0 Å². The number of amides is 2. The second-order valence-electron chi connectivity index (χ2n) is 6.88. The van der Waals surface area contributed by atoms with Gasteiger partial charge in [0.25, 0.3) is 0 Å². The number of carbonyl (C=O) groups excluding carboxylic acids is 1. The summed E-state index contributed by atoms with van der Waals surface area (Å²) in [4.78, 5) is 23.1. The molecule has 0 atom stereocenters. The van der Waals surface area contributed by atoms with E-state index in [9.17, 15) is 14.7 Å². The van der Waals surface area contributed by atoms with Crippen molar-refractivity contribution in [2.75, 3.05) is 6.54 Å². The Morgan fingerprint density at radius 2 is 1.53 bits per heavy atom. The first kappa shape index (κ1) is 17.7. The van der Waals surface area contributed by atoms with Gasteiger partial charge in [-0.2, -0.15) is 0 Å². The van der Waals surface area contributed by atoms with Crippen LogP contribution in [0.3, 0.4) is 0 Å². The Balaban J connectivity index is 4.60. The maximum atomic E-state index is 11.9. The number of nitrogens with one attached hydrogen (secondary N) is 2. The van der Waals surface area contributed by atoms with Gasteiger partial charge in [0.1, 0.15) is 0 Å². The molecule has 0 aromatic heterocycles. The second kappa shape index (κ2) is 5.80. The molecule has 0 rings (SSSR count). The van der Waals surface area contributed by atoms with E-state index in [0.29, 0.717) is 6.54 Å². The van der Waals surface area contributed by atoms with E-state index in [1.165, 1.54) is 0 Å². The third-order valence-electron chi connectivity index (χ3n) is 4.21. The Hall–Kier alpha value is -1.26. The molecule has 5 nitrogen and oxygen atoms in total. The minimum Gasteiger partial charge on any atom is -0.481 e. The van der Waals surface area contributed by atoms with Crippen molar-refractivity contribution < 1.29 is 14.7 Å². The predicted molar refractivity (Wildman–Crippen MR) is 76.1 cm³/mol. The molecule has 0 radical (unpaired) electrons. The molecule has 0 aromatic rings. The van der Waals surface area contributed by atoms with Gasteiger partial charge >= 0.3 is 12.0 Å². The highest BCUT2D eigenvalue weighted by atomic mass is 16.4. The Bertz CT molecular complexity index is 347. The number of carboxylic acid groups (broad SMARTS) is 1. The molecule has 19 heavy (non-hydrogen) atoms. The molecule has 2 amide bonds. The largest absolute Gasteiger partial charge is 0.481 e. The van der Waals surface area contributed by atoms with Gasteiger partial charge in [-0.05, 0) is 39.5 Å². The number of carbonyl (C=O) groups is 2. The minimum atomic E-state index is -1.05. The van der Waals surface area contributed by atoms with E-state index in [1.54, 1.807) is 27.7 Å². The highest BCUT2D eigenvalue weighted by molar-refractivity contribution is 5.79. The van der Waals surface area contributed by atoms with Crippen molar-refractivity contribution in [1.82, 2.24) is 10.6 Å². The predicted octanol–water partition coefficient (Wildman–Crippen LogP) is 2.61. The highest BCUT2D eigenvalue weighted by Gasteiger charge is 2.44. The number of urea groups is 1. The number of aliphatic carboxylic acids is 1. The lowest BCUT2D eigenvalue weighted by molar-refractivity contribution is -0.150. The standard InChI is InChI=1S/C14H28N2O3/c1-8-12(2,3)9-15-11(19)16-14(6,7)13(4,5)10(17)18/h8-9H2,1-7H3,(H,17,18)(H2,15,16,19). The quantitative estimate of drug-likeness (QED) is 0.695. The third-order valence-corrected chi connectivity index (χ3v) is 4.21. The zero-order valence-corrected chi connectivity index (χ0v) is 13.2. The molecule has 0 aliphatic rings. The van der Waals surface area contributed by atoms with E-state index in [-0.39, 0.29) is 11.4 Å². The normalized spacial score (nSPS) is 13.0. The van der Waals surface area contributed by atoms with E-state index in [0.717, 1.165) is 6.42 Å². The van der Waals surface area contributed by atoms with Crippen LogP contribution in [0, 0.1) is 10.8 Å². The van der Waals surface area contributed by atoms with Crippen LogP contribution in [0.1, 0.15) is 54.9 Å². The van der Waals surface area contributed by atoms with Crippen LogP contribution < -0.4 is 10.6 Å². The first-order chi connectivity index (χ1) is 8.35. The summed E-state index contributed by atoms with van der Waals surface area (Å²) in [6.07, 6.45) is 0.956. The molecule has 3 N–H and O–H groups in total. The molecular formula is C14H28N2O3. The van der Waals surface area contributed by atoms with Crippen LogP contribution >= 0.6 is 0 Å². The van der Waals surface area contributed by atoms with Crippen molar-refractivity contribution in [3.63, 3.8) is 0 Å². The third kappa shape index (κ3) is 4.73. The van der Waals surface area contributed by atoms with Crippen LogP contribution in [0.4, 0.5) is 4.79 Å². The van der Waals surface area contributed by atoms with Gasteiger partial charge in [-0.1, -0.05) is 20.8 Å². The van der Waals surface area contributed by atoms with Gasteiger partial charge in [0.2, 0.25) is 0 Å². The zero-order valence-electron chi connectivity index (χ0n) is 13.2. The number of carboxylic acids is 1. The fourth-order valence-corrected chi connectivity index (χ4v) is 1.20. The molecular weight excluding hydrogens is 244 g/mol. The molecule has 0 spiro atoms. The Morgan fingerprint density at radius 3 is 1.89 bits per heavy atom. The summed E-state index contributed by atoms with van der Waals surface area (Å²) >= 11 is 0. The van der Waals surface area contributed by atoms with Crippen LogP contribution in [0.15, 0.2) is 0 Å². The molecule has 0 fully saturated rings. The number of hydrogen-bond donors (Lipinski definition) is 3. The lowest BCUT2D eigenvalue weighted by Crippen LogP contribution is -2.59. The molecule has 5 heteroatoms. The van der Waals surface area contributed by atoms with Crippen molar-refractivity contribution >= 4 is 12.0 Å². The fourth-order valence-electron chi connectivity index (χ4n) is 1.20. The molecule has 0 bridgehead atoms. The van der Waals surface area contributed by atoms with Crippen molar-refractivity contribution in [3.05, 3.63) is 0 Å². The second-order valence-corrected chi connectivity index (χ2v) is 6.88. The topological polar surface area (TPSA) is 78.4 Å². The van der Waals surface area contributed by atoms with E-state index < -0.39 is 16.9 Å².